The van der Waals surface area contributed by atoms with Crippen LogP contribution in [0.25, 0.3) is 0 Å². The Bertz CT molecular complexity index is 281. The molecular formula is C9H14N2O2. The molecule has 0 aliphatic heterocycles. The molecule has 0 aliphatic rings. The Balaban J connectivity index is 2.44. The molecule has 72 valence electrons. The molecule has 4 nitrogen and oxygen atoms in total. The average molecular weight is 182 g/mol. The number of carboxylic acid groups (broad SMARTS) is 1. The molecule has 1 rings (SSSR count). The quantitative estimate of drug-likeness (QED) is 0.747. The molecule has 1 N–H and O–H groups in total. The molecule has 0 spiro atoms. The summed E-state index contributed by atoms with van der Waals surface area (Å²) in [6, 6.07) is 1.87. The zero-order valence-electron chi connectivity index (χ0n) is 7.73. The fourth-order valence-corrected chi connectivity index (χ4v) is 1.13. The van der Waals surface area contributed by atoms with Crippen LogP contribution in [-0.2, 0) is 17.8 Å². The normalized spacial score (nSPS) is 10.2. The van der Waals surface area contributed by atoms with Crippen molar-refractivity contribution in [2.75, 3.05) is 0 Å². The number of aryl methyl sites for hydroxylation is 2. The molecule has 0 atom stereocenters. The van der Waals surface area contributed by atoms with Crippen LogP contribution in [0.3, 0.4) is 0 Å². The maximum atomic E-state index is 10.3. The van der Waals surface area contributed by atoms with E-state index in [1.807, 2.05) is 16.9 Å². The highest BCUT2D eigenvalue weighted by atomic mass is 16.4. The number of aromatic nitrogens is 2. The van der Waals surface area contributed by atoms with Crippen LogP contribution in [0.1, 0.15) is 25.5 Å². The summed E-state index contributed by atoms with van der Waals surface area (Å²) in [4.78, 5) is 10.3. The molecule has 0 aliphatic carbocycles. The Labute approximate surface area is 77.2 Å². The monoisotopic (exact) mass is 182 g/mol. The van der Waals surface area contributed by atoms with Crippen LogP contribution in [0, 0.1) is 0 Å². The van der Waals surface area contributed by atoms with Crippen molar-refractivity contribution in [2.45, 2.75) is 32.7 Å². The van der Waals surface area contributed by atoms with Crippen LogP contribution < -0.4 is 0 Å². The third kappa shape index (κ3) is 3.27. The van der Waals surface area contributed by atoms with Crippen LogP contribution in [0.15, 0.2) is 12.3 Å². The summed E-state index contributed by atoms with van der Waals surface area (Å²) < 4.78 is 1.84. The predicted octanol–water partition coefficient (Wildman–Crippen LogP) is 1.31. The van der Waals surface area contributed by atoms with Crippen molar-refractivity contribution < 1.29 is 9.90 Å². The van der Waals surface area contributed by atoms with Gasteiger partial charge in [0.25, 0.3) is 0 Å². The highest BCUT2D eigenvalue weighted by Crippen LogP contribution is 2.00. The Hall–Kier alpha value is -1.32. The smallest absolute Gasteiger partial charge is 0.303 e. The summed E-state index contributed by atoms with van der Waals surface area (Å²) >= 11 is 0. The third-order valence-electron chi connectivity index (χ3n) is 1.74. The standard InChI is InChI=1S/C9H14N2O2/c1-2-6-11-7-5-8(10-11)3-4-9(12)13/h5,7H,2-4,6H2,1H3,(H,12,13). The molecule has 0 saturated carbocycles. The Morgan fingerprint density at radius 2 is 2.46 bits per heavy atom. The molecular weight excluding hydrogens is 168 g/mol. The number of nitrogens with zero attached hydrogens (tertiary/aromatic N) is 2. The van der Waals surface area contributed by atoms with E-state index in [2.05, 4.69) is 12.0 Å². The van der Waals surface area contributed by atoms with Gasteiger partial charge in [-0.3, -0.25) is 9.48 Å². The fraction of sp³-hybridized carbons (Fsp3) is 0.556. The molecule has 0 aromatic carbocycles. The van der Waals surface area contributed by atoms with Crippen molar-refractivity contribution >= 4 is 5.97 Å². The number of hydrogen-bond acceptors (Lipinski definition) is 2. The third-order valence-corrected chi connectivity index (χ3v) is 1.74. The van der Waals surface area contributed by atoms with Crippen molar-refractivity contribution in [1.29, 1.82) is 0 Å². The van der Waals surface area contributed by atoms with E-state index in [4.69, 9.17) is 5.11 Å². The van der Waals surface area contributed by atoms with Gasteiger partial charge >= 0.3 is 5.97 Å². The van der Waals surface area contributed by atoms with Gasteiger partial charge in [0.15, 0.2) is 0 Å². The molecule has 0 amide bonds. The van der Waals surface area contributed by atoms with Crippen LogP contribution in [0.2, 0.25) is 0 Å². The topological polar surface area (TPSA) is 55.1 Å². The van der Waals surface area contributed by atoms with Gasteiger partial charge in [0, 0.05) is 19.2 Å². The lowest BCUT2D eigenvalue weighted by Gasteiger charge is -1.95. The fourth-order valence-electron chi connectivity index (χ4n) is 1.13. The zero-order chi connectivity index (χ0) is 9.68. The van der Waals surface area contributed by atoms with Gasteiger partial charge in [-0.05, 0) is 12.5 Å². The molecule has 0 bridgehead atoms. The largest absolute Gasteiger partial charge is 0.481 e. The van der Waals surface area contributed by atoms with E-state index >= 15 is 0 Å². The van der Waals surface area contributed by atoms with Gasteiger partial charge in [0.1, 0.15) is 0 Å². The minimum Gasteiger partial charge on any atom is -0.481 e. The predicted molar refractivity (Wildman–Crippen MR) is 48.5 cm³/mol. The highest BCUT2D eigenvalue weighted by molar-refractivity contribution is 5.66. The Morgan fingerprint density at radius 1 is 1.69 bits per heavy atom. The Kier molecular flexibility index (Phi) is 3.49. The van der Waals surface area contributed by atoms with Crippen LogP contribution in [0.4, 0.5) is 0 Å². The maximum Gasteiger partial charge on any atom is 0.303 e. The molecule has 0 radical (unpaired) electrons. The molecule has 0 unspecified atom stereocenters. The number of carbonyl (C=O) groups is 1. The number of aliphatic carboxylic acids is 1. The molecule has 1 aromatic rings. The van der Waals surface area contributed by atoms with Crippen LogP contribution in [0.5, 0.6) is 0 Å². The lowest BCUT2D eigenvalue weighted by Crippen LogP contribution is -2.01. The Morgan fingerprint density at radius 3 is 3.08 bits per heavy atom. The summed E-state index contributed by atoms with van der Waals surface area (Å²) in [6.45, 7) is 2.98. The van der Waals surface area contributed by atoms with Gasteiger partial charge in [0.2, 0.25) is 0 Å². The zero-order valence-corrected chi connectivity index (χ0v) is 7.73. The van der Waals surface area contributed by atoms with Crippen LogP contribution >= 0.6 is 0 Å². The molecule has 1 heterocycles. The van der Waals surface area contributed by atoms with Crippen LogP contribution in [-0.4, -0.2) is 20.9 Å². The molecule has 4 heteroatoms. The average Bonchev–Trinajstić information content (AvgIpc) is 2.50. The van der Waals surface area contributed by atoms with Crippen molar-refractivity contribution in [3.8, 4) is 0 Å². The molecule has 13 heavy (non-hydrogen) atoms. The minimum absolute atomic E-state index is 0.156. The van der Waals surface area contributed by atoms with E-state index in [0.717, 1.165) is 18.7 Å². The summed E-state index contributed by atoms with van der Waals surface area (Å²) in [7, 11) is 0. The van der Waals surface area contributed by atoms with Gasteiger partial charge in [-0.25, -0.2) is 0 Å². The summed E-state index contributed by atoms with van der Waals surface area (Å²) in [5, 5.41) is 12.7. The van der Waals surface area contributed by atoms with E-state index in [1.165, 1.54) is 0 Å². The number of hydrogen-bond donors (Lipinski definition) is 1. The van der Waals surface area contributed by atoms with E-state index < -0.39 is 5.97 Å². The minimum atomic E-state index is -0.773. The van der Waals surface area contributed by atoms with E-state index in [9.17, 15) is 4.79 Å². The van der Waals surface area contributed by atoms with Gasteiger partial charge in [0.05, 0.1) is 12.1 Å². The SMILES string of the molecule is CCCn1ccc(CCC(=O)O)n1. The first kappa shape index (κ1) is 9.77. The molecule has 0 fully saturated rings. The van der Waals surface area contributed by atoms with Crippen molar-refractivity contribution in [3.63, 3.8) is 0 Å². The van der Waals surface area contributed by atoms with E-state index in [1.54, 1.807) is 0 Å². The van der Waals surface area contributed by atoms with Gasteiger partial charge in [-0.1, -0.05) is 6.92 Å². The molecule has 0 saturated heterocycles. The summed E-state index contributed by atoms with van der Waals surface area (Å²) in [6.07, 6.45) is 3.61. The number of carboxylic acids is 1. The second-order valence-corrected chi connectivity index (χ2v) is 2.96. The first-order chi connectivity index (χ1) is 6.22. The lowest BCUT2D eigenvalue weighted by atomic mass is 10.2. The van der Waals surface area contributed by atoms with Gasteiger partial charge in [-0.15, -0.1) is 0 Å². The highest BCUT2D eigenvalue weighted by Gasteiger charge is 2.01. The van der Waals surface area contributed by atoms with Crippen molar-refractivity contribution in [3.05, 3.63) is 18.0 Å². The second-order valence-electron chi connectivity index (χ2n) is 2.96. The van der Waals surface area contributed by atoms with Gasteiger partial charge < -0.3 is 5.11 Å². The van der Waals surface area contributed by atoms with Gasteiger partial charge in [-0.2, -0.15) is 5.10 Å². The van der Waals surface area contributed by atoms with E-state index in [-0.39, 0.29) is 6.42 Å². The van der Waals surface area contributed by atoms with Crippen molar-refractivity contribution in [1.82, 2.24) is 9.78 Å². The summed E-state index contributed by atoms with van der Waals surface area (Å²) in [5.74, 6) is -0.773. The number of rotatable bonds is 5. The summed E-state index contributed by atoms with van der Waals surface area (Å²) in [5.41, 5.74) is 0.857. The second kappa shape index (κ2) is 4.64. The first-order valence-electron chi connectivity index (χ1n) is 4.46. The van der Waals surface area contributed by atoms with Crippen molar-refractivity contribution in [2.24, 2.45) is 0 Å². The lowest BCUT2D eigenvalue weighted by molar-refractivity contribution is -0.136. The molecule has 1 aromatic heterocycles. The maximum absolute atomic E-state index is 10.3. The first-order valence-corrected chi connectivity index (χ1v) is 4.46. The van der Waals surface area contributed by atoms with E-state index in [0.29, 0.717) is 6.42 Å².